The van der Waals surface area contributed by atoms with E-state index in [1.54, 1.807) is 7.05 Å². The van der Waals surface area contributed by atoms with Gasteiger partial charge in [-0.3, -0.25) is 4.99 Å². The molecular weight excluding hydrogens is 372 g/mol. The summed E-state index contributed by atoms with van der Waals surface area (Å²) < 4.78 is 8.46. The number of hydrogen-bond acceptors (Lipinski definition) is 4. The molecule has 0 amide bonds. The molecule has 2 rings (SSSR count). The molecule has 0 aromatic carbocycles. The monoisotopic (exact) mass is 396 g/mol. The predicted molar refractivity (Wildman–Crippen MR) is 97.8 cm³/mol. The third-order valence-electron chi connectivity index (χ3n) is 3.56. The van der Waals surface area contributed by atoms with Crippen molar-refractivity contribution in [2.45, 2.75) is 39.3 Å². The van der Waals surface area contributed by atoms with E-state index in [0.717, 1.165) is 17.0 Å². The van der Waals surface area contributed by atoms with Gasteiger partial charge in [0, 0.05) is 42.9 Å². The van der Waals surface area contributed by atoms with Gasteiger partial charge >= 0.3 is 0 Å². The highest BCUT2D eigenvalue weighted by Gasteiger charge is 2.21. The normalized spacial score (nSPS) is 12.5. The van der Waals surface area contributed by atoms with E-state index in [0.29, 0.717) is 18.3 Å². The maximum Gasteiger partial charge on any atom is 0.232 e. The van der Waals surface area contributed by atoms with Gasteiger partial charge in [-0.2, -0.15) is 4.98 Å². The number of hydrogen-bond donors (Lipinski definition) is 1. The van der Waals surface area contributed by atoms with Crippen LogP contribution in [0.15, 0.2) is 26.3 Å². The fraction of sp³-hybridized carbons (Fsp3) is 0.562. The van der Waals surface area contributed by atoms with Crippen LogP contribution in [0.1, 0.15) is 38.2 Å². The number of nitrogens with one attached hydrogen (secondary N) is 1. The van der Waals surface area contributed by atoms with E-state index in [2.05, 4.69) is 47.0 Å². The van der Waals surface area contributed by atoms with Crippen molar-refractivity contribution in [1.82, 2.24) is 24.9 Å². The summed E-state index contributed by atoms with van der Waals surface area (Å²) >= 11 is 3.49. The fourth-order valence-electron chi connectivity index (χ4n) is 2.21. The summed E-state index contributed by atoms with van der Waals surface area (Å²) in [4.78, 5) is 10.8. The Kier molecular flexibility index (Phi) is 5.69. The van der Waals surface area contributed by atoms with E-state index in [-0.39, 0.29) is 5.41 Å². The van der Waals surface area contributed by atoms with Crippen molar-refractivity contribution in [2.24, 2.45) is 12.0 Å². The van der Waals surface area contributed by atoms with Crippen LogP contribution in [0, 0.1) is 0 Å². The SMILES string of the molecule is CN=C(NCc1noc(C(C)(C)C)n1)N(C)Cc1cc(Br)cn1C. The van der Waals surface area contributed by atoms with Gasteiger partial charge in [0.15, 0.2) is 11.8 Å². The van der Waals surface area contributed by atoms with Gasteiger partial charge in [0.25, 0.3) is 0 Å². The third kappa shape index (κ3) is 4.59. The Morgan fingerprint density at radius 2 is 2.17 bits per heavy atom. The van der Waals surface area contributed by atoms with Gasteiger partial charge in [0.05, 0.1) is 13.1 Å². The Hall–Kier alpha value is -1.83. The Morgan fingerprint density at radius 3 is 2.67 bits per heavy atom. The molecular formula is C16H25BrN6O. The molecule has 2 aromatic rings. The number of aliphatic imine (C=N–C) groups is 1. The van der Waals surface area contributed by atoms with Gasteiger partial charge in [-0.25, -0.2) is 0 Å². The zero-order valence-electron chi connectivity index (χ0n) is 15.1. The Bertz CT molecular complexity index is 712. The van der Waals surface area contributed by atoms with E-state index in [4.69, 9.17) is 4.52 Å². The summed E-state index contributed by atoms with van der Waals surface area (Å²) in [5.41, 5.74) is 1.03. The smallest absolute Gasteiger partial charge is 0.232 e. The van der Waals surface area contributed by atoms with Crippen LogP contribution in [0.3, 0.4) is 0 Å². The van der Waals surface area contributed by atoms with E-state index in [1.807, 2.05) is 46.0 Å². The Balaban J connectivity index is 1.97. The first kappa shape index (κ1) is 18.5. The molecule has 0 saturated carbocycles. The Labute approximate surface area is 151 Å². The van der Waals surface area contributed by atoms with E-state index in [9.17, 15) is 0 Å². The molecule has 7 nitrogen and oxygen atoms in total. The number of aryl methyl sites for hydroxylation is 1. The molecule has 0 radical (unpaired) electrons. The van der Waals surface area contributed by atoms with Crippen molar-refractivity contribution in [3.05, 3.63) is 34.1 Å². The summed E-state index contributed by atoms with van der Waals surface area (Å²) in [6.07, 6.45) is 2.03. The number of halogens is 1. The van der Waals surface area contributed by atoms with Gasteiger partial charge in [-0.05, 0) is 22.0 Å². The first-order valence-electron chi connectivity index (χ1n) is 7.76. The minimum atomic E-state index is -0.149. The highest BCUT2D eigenvalue weighted by molar-refractivity contribution is 9.10. The Morgan fingerprint density at radius 1 is 1.46 bits per heavy atom. The van der Waals surface area contributed by atoms with Crippen molar-refractivity contribution in [2.75, 3.05) is 14.1 Å². The zero-order chi connectivity index (χ0) is 17.9. The molecule has 0 aliphatic carbocycles. The number of rotatable bonds is 4. The molecule has 2 aromatic heterocycles. The number of aromatic nitrogens is 3. The van der Waals surface area contributed by atoms with Crippen molar-refractivity contribution in [3.8, 4) is 0 Å². The highest BCUT2D eigenvalue weighted by atomic mass is 79.9. The maximum absolute atomic E-state index is 5.31. The summed E-state index contributed by atoms with van der Waals surface area (Å²) in [5.74, 6) is 2.03. The molecule has 1 N–H and O–H groups in total. The van der Waals surface area contributed by atoms with Crippen LogP contribution in [-0.4, -0.2) is 39.7 Å². The number of nitrogens with zero attached hydrogens (tertiary/aromatic N) is 5. The molecule has 132 valence electrons. The first-order chi connectivity index (χ1) is 11.2. The second-order valence-electron chi connectivity index (χ2n) is 6.78. The lowest BCUT2D eigenvalue weighted by atomic mass is 9.97. The fourth-order valence-corrected chi connectivity index (χ4v) is 2.79. The molecule has 2 heterocycles. The minimum absolute atomic E-state index is 0.149. The van der Waals surface area contributed by atoms with Gasteiger partial charge in [-0.1, -0.05) is 25.9 Å². The molecule has 0 aliphatic rings. The summed E-state index contributed by atoms with van der Waals surface area (Å²) in [7, 11) is 5.78. The standard InChI is InChI=1S/C16H25BrN6O/c1-16(2,3)14-20-13(21-24-14)8-19-15(18-4)23(6)10-12-7-11(17)9-22(12)5/h7,9H,8,10H2,1-6H3,(H,18,19). The molecule has 0 aliphatic heterocycles. The minimum Gasteiger partial charge on any atom is -0.352 e. The second kappa shape index (κ2) is 7.38. The van der Waals surface area contributed by atoms with Gasteiger partial charge < -0.3 is 19.3 Å². The van der Waals surface area contributed by atoms with Crippen molar-refractivity contribution < 1.29 is 4.52 Å². The van der Waals surface area contributed by atoms with Crippen LogP contribution in [0.4, 0.5) is 0 Å². The van der Waals surface area contributed by atoms with Crippen molar-refractivity contribution >= 4 is 21.9 Å². The first-order valence-corrected chi connectivity index (χ1v) is 8.55. The van der Waals surface area contributed by atoms with E-state index >= 15 is 0 Å². The molecule has 0 bridgehead atoms. The van der Waals surface area contributed by atoms with E-state index in [1.165, 1.54) is 5.69 Å². The molecule has 0 atom stereocenters. The van der Waals surface area contributed by atoms with Crippen molar-refractivity contribution in [1.29, 1.82) is 0 Å². The topological polar surface area (TPSA) is 71.5 Å². The van der Waals surface area contributed by atoms with Crippen LogP contribution in [0.5, 0.6) is 0 Å². The van der Waals surface area contributed by atoms with Crippen LogP contribution in [-0.2, 0) is 25.6 Å². The van der Waals surface area contributed by atoms with Crippen LogP contribution in [0.2, 0.25) is 0 Å². The van der Waals surface area contributed by atoms with Crippen LogP contribution < -0.4 is 5.32 Å². The number of guanidine groups is 1. The van der Waals surface area contributed by atoms with Gasteiger partial charge in [0.2, 0.25) is 5.89 Å². The molecule has 0 spiro atoms. The average Bonchev–Trinajstić information content (AvgIpc) is 3.06. The lowest BCUT2D eigenvalue weighted by Crippen LogP contribution is -2.38. The molecule has 24 heavy (non-hydrogen) atoms. The summed E-state index contributed by atoms with van der Waals surface area (Å²) in [6.45, 7) is 7.34. The lowest BCUT2D eigenvalue weighted by molar-refractivity contribution is 0.318. The summed E-state index contributed by atoms with van der Waals surface area (Å²) in [6, 6.07) is 2.10. The maximum atomic E-state index is 5.31. The quantitative estimate of drug-likeness (QED) is 0.635. The lowest BCUT2D eigenvalue weighted by Gasteiger charge is -2.21. The summed E-state index contributed by atoms with van der Waals surface area (Å²) in [5, 5.41) is 7.28. The third-order valence-corrected chi connectivity index (χ3v) is 4.00. The van der Waals surface area contributed by atoms with Crippen molar-refractivity contribution in [3.63, 3.8) is 0 Å². The highest BCUT2D eigenvalue weighted by Crippen LogP contribution is 2.19. The molecule has 0 saturated heterocycles. The molecule has 8 heteroatoms. The van der Waals surface area contributed by atoms with E-state index < -0.39 is 0 Å². The molecule has 0 fully saturated rings. The van der Waals surface area contributed by atoms with Gasteiger partial charge in [-0.15, -0.1) is 0 Å². The van der Waals surface area contributed by atoms with Crippen LogP contribution >= 0.6 is 15.9 Å². The largest absolute Gasteiger partial charge is 0.352 e. The predicted octanol–water partition coefficient (Wildman–Crippen LogP) is 2.68. The average molecular weight is 397 g/mol. The van der Waals surface area contributed by atoms with Gasteiger partial charge in [0.1, 0.15) is 0 Å². The zero-order valence-corrected chi connectivity index (χ0v) is 16.7. The van der Waals surface area contributed by atoms with Crippen LogP contribution in [0.25, 0.3) is 0 Å². The molecule has 0 unspecified atom stereocenters. The second-order valence-corrected chi connectivity index (χ2v) is 7.70.